The van der Waals surface area contributed by atoms with Gasteiger partial charge in [0.05, 0.1) is 12.7 Å². The third kappa shape index (κ3) is 4.15. The standard InChI is InChI=1S/C24H28N2O/c1-26(2)22-9-5-8-21(15-22)23-12-13-25-16-24(23)27-17-18-10-11-19-6-3-4-7-20(19)14-18/h3-11,14-15,23-25H,12-13,16-17H2,1-2H3/t23-,24+/m1/s1. The van der Waals surface area contributed by atoms with Gasteiger partial charge in [-0.25, -0.2) is 0 Å². The van der Waals surface area contributed by atoms with E-state index in [1.165, 1.54) is 27.6 Å². The number of fused-ring (bicyclic) bond motifs is 1. The summed E-state index contributed by atoms with van der Waals surface area (Å²) < 4.78 is 6.41. The largest absolute Gasteiger partial charge is 0.378 e. The summed E-state index contributed by atoms with van der Waals surface area (Å²) in [6, 6.07) is 24.0. The van der Waals surface area contributed by atoms with Crippen molar-refractivity contribution in [3.63, 3.8) is 0 Å². The number of hydrogen-bond donors (Lipinski definition) is 1. The summed E-state index contributed by atoms with van der Waals surface area (Å²) in [4.78, 5) is 2.16. The van der Waals surface area contributed by atoms with E-state index >= 15 is 0 Å². The molecule has 1 aliphatic rings. The summed E-state index contributed by atoms with van der Waals surface area (Å²) in [6.07, 6.45) is 1.31. The molecule has 0 bridgehead atoms. The van der Waals surface area contributed by atoms with Crippen LogP contribution in [0.25, 0.3) is 10.8 Å². The minimum absolute atomic E-state index is 0.197. The summed E-state index contributed by atoms with van der Waals surface area (Å²) in [5.41, 5.74) is 3.87. The lowest BCUT2D eigenvalue weighted by molar-refractivity contribution is 0.0107. The van der Waals surface area contributed by atoms with E-state index in [-0.39, 0.29) is 6.10 Å². The van der Waals surface area contributed by atoms with E-state index in [1.807, 2.05) is 0 Å². The van der Waals surface area contributed by atoms with Crippen LogP contribution in [0.5, 0.6) is 0 Å². The van der Waals surface area contributed by atoms with Gasteiger partial charge in [0.1, 0.15) is 0 Å². The van der Waals surface area contributed by atoms with Crippen LogP contribution >= 0.6 is 0 Å². The van der Waals surface area contributed by atoms with Gasteiger partial charge in [0.2, 0.25) is 0 Å². The Kier molecular flexibility index (Phi) is 5.42. The first kappa shape index (κ1) is 18.0. The highest BCUT2D eigenvalue weighted by Gasteiger charge is 2.27. The number of benzene rings is 3. The summed E-state index contributed by atoms with van der Waals surface area (Å²) in [7, 11) is 4.19. The van der Waals surface area contributed by atoms with Gasteiger partial charge in [-0.3, -0.25) is 0 Å². The fourth-order valence-electron chi connectivity index (χ4n) is 3.95. The minimum atomic E-state index is 0.197. The topological polar surface area (TPSA) is 24.5 Å². The molecule has 1 heterocycles. The van der Waals surface area contributed by atoms with Crippen molar-refractivity contribution in [2.24, 2.45) is 0 Å². The fraction of sp³-hybridized carbons (Fsp3) is 0.333. The molecular formula is C24H28N2O. The molecule has 0 aliphatic carbocycles. The smallest absolute Gasteiger partial charge is 0.0772 e. The van der Waals surface area contributed by atoms with Crippen molar-refractivity contribution in [3.8, 4) is 0 Å². The van der Waals surface area contributed by atoms with Crippen molar-refractivity contribution in [1.82, 2.24) is 5.32 Å². The zero-order chi connectivity index (χ0) is 18.6. The van der Waals surface area contributed by atoms with Gasteiger partial charge in [-0.1, -0.05) is 48.5 Å². The Hall–Kier alpha value is -2.36. The molecule has 0 aromatic heterocycles. The van der Waals surface area contributed by atoms with Crippen LogP contribution in [0.2, 0.25) is 0 Å². The first-order valence-electron chi connectivity index (χ1n) is 9.78. The summed E-state index contributed by atoms with van der Waals surface area (Å²) in [5.74, 6) is 0.437. The number of rotatable bonds is 5. The Balaban J connectivity index is 1.49. The maximum absolute atomic E-state index is 6.41. The average molecular weight is 361 g/mol. The van der Waals surface area contributed by atoms with E-state index in [4.69, 9.17) is 4.74 Å². The molecule has 1 saturated heterocycles. The number of nitrogens with one attached hydrogen (secondary N) is 1. The van der Waals surface area contributed by atoms with Gasteiger partial charge in [0, 0.05) is 32.2 Å². The van der Waals surface area contributed by atoms with Crippen molar-refractivity contribution in [1.29, 1.82) is 0 Å². The fourth-order valence-corrected chi connectivity index (χ4v) is 3.95. The van der Waals surface area contributed by atoms with Crippen LogP contribution in [0.4, 0.5) is 5.69 Å². The van der Waals surface area contributed by atoms with Gasteiger partial charge in [-0.2, -0.15) is 0 Å². The van der Waals surface area contributed by atoms with Gasteiger partial charge in [0.25, 0.3) is 0 Å². The summed E-state index contributed by atoms with van der Waals surface area (Å²) in [6.45, 7) is 2.61. The Morgan fingerprint density at radius 2 is 1.81 bits per heavy atom. The highest BCUT2D eigenvalue weighted by atomic mass is 16.5. The Morgan fingerprint density at radius 3 is 2.67 bits per heavy atom. The van der Waals surface area contributed by atoms with Crippen LogP contribution in [-0.2, 0) is 11.3 Å². The van der Waals surface area contributed by atoms with Crippen LogP contribution in [-0.4, -0.2) is 33.3 Å². The molecule has 0 radical (unpaired) electrons. The van der Waals surface area contributed by atoms with E-state index in [2.05, 4.69) is 91.0 Å². The van der Waals surface area contributed by atoms with Gasteiger partial charge >= 0.3 is 0 Å². The lowest BCUT2D eigenvalue weighted by Crippen LogP contribution is -2.41. The van der Waals surface area contributed by atoms with Crippen molar-refractivity contribution in [2.45, 2.75) is 25.0 Å². The van der Waals surface area contributed by atoms with E-state index in [0.717, 1.165) is 19.5 Å². The monoisotopic (exact) mass is 360 g/mol. The van der Waals surface area contributed by atoms with E-state index < -0.39 is 0 Å². The zero-order valence-corrected chi connectivity index (χ0v) is 16.2. The molecule has 0 spiro atoms. The van der Waals surface area contributed by atoms with E-state index in [0.29, 0.717) is 12.5 Å². The Bertz CT molecular complexity index is 906. The van der Waals surface area contributed by atoms with Gasteiger partial charge in [0.15, 0.2) is 0 Å². The number of piperidine rings is 1. The van der Waals surface area contributed by atoms with Crippen LogP contribution in [0.1, 0.15) is 23.5 Å². The highest BCUT2D eigenvalue weighted by molar-refractivity contribution is 5.82. The van der Waals surface area contributed by atoms with Crippen LogP contribution < -0.4 is 10.2 Å². The molecule has 3 nitrogen and oxygen atoms in total. The minimum Gasteiger partial charge on any atom is -0.378 e. The Morgan fingerprint density at radius 1 is 0.963 bits per heavy atom. The van der Waals surface area contributed by atoms with E-state index in [1.54, 1.807) is 0 Å². The molecule has 140 valence electrons. The lowest BCUT2D eigenvalue weighted by atomic mass is 9.87. The highest BCUT2D eigenvalue weighted by Crippen LogP contribution is 2.30. The van der Waals surface area contributed by atoms with Crippen molar-refractivity contribution >= 4 is 16.5 Å². The molecule has 0 saturated carbocycles. The summed E-state index contributed by atoms with van der Waals surface area (Å²) >= 11 is 0. The van der Waals surface area contributed by atoms with Crippen LogP contribution in [0, 0.1) is 0 Å². The zero-order valence-electron chi connectivity index (χ0n) is 16.2. The molecule has 1 fully saturated rings. The number of nitrogens with zero attached hydrogens (tertiary/aromatic N) is 1. The first-order chi connectivity index (χ1) is 13.2. The molecule has 3 aromatic carbocycles. The van der Waals surface area contributed by atoms with Crippen molar-refractivity contribution in [3.05, 3.63) is 77.9 Å². The second-order valence-corrected chi connectivity index (χ2v) is 7.62. The first-order valence-corrected chi connectivity index (χ1v) is 9.78. The summed E-state index contributed by atoms with van der Waals surface area (Å²) in [5, 5.41) is 6.05. The van der Waals surface area contributed by atoms with Crippen LogP contribution in [0.15, 0.2) is 66.7 Å². The number of ether oxygens (including phenoxy) is 1. The molecule has 27 heavy (non-hydrogen) atoms. The van der Waals surface area contributed by atoms with Crippen molar-refractivity contribution < 1.29 is 4.74 Å². The van der Waals surface area contributed by atoms with E-state index in [9.17, 15) is 0 Å². The molecule has 3 aromatic rings. The van der Waals surface area contributed by atoms with Crippen LogP contribution in [0.3, 0.4) is 0 Å². The molecule has 1 aliphatic heterocycles. The lowest BCUT2D eigenvalue weighted by Gasteiger charge is -2.33. The SMILES string of the molecule is CN(C)c1cccc([C@H]2CCNC[C@@H]2OCc2ccc3ccccc3c2)c1. The predicted octanol–water partition coefficient (Wildman–Crippen LogP) is 4.57. The maximum Gasteiger partial charge on any atom is 0.0772 e. The second kappa shape index (κ2) is 8.12. The van der Waals surface area contributed by atoms with Gasteiger partial charge < -0.3 is 15.0 Å². The second-order valence-electron chi connectivity index (χ2n) is 7.62. The maximum atomic E-state index is 6.41. The molecule has 3 heteroatoms. The molecule has 2 atom stereocenters. The molecule has 1 N–H and O–H groups in total. The molecular weight excluding hydrogens is 332 g/mol. The van der Waals surface area contributed by atoms with Gasteiger partial charge in [-0.05, 0) is 53.1 Å². The Labute approximate surface area is 162 Å². The molecule has 0 amide bonds. The quantitative estimate of drug-likeness (QED) is 0.721. The normalized spacial score (nSPS) is 19.9. The van der Waals surface area contributed by atoms with Crippen molar-refractivity contribution in [2.75, 3.05) is 32.1 Å². The number of anilines is 1. The molecule has 0 unspecified atom stereocenters. The third-order valence-electron chi connectivity index (χ3n) is 5.52. The number of hydrogen-bond acceptors (Lipinski definition) is 3. The average Bonchev–Trinajstić information content (AvgIpc) is 2.72. The predicted molar refractivity (Wildman–Crippen MR) is 114 cm³/mol. The van der Waals surface area contributed by atoms with Gasteiger partial charge in [-0.15, -0.1) is 0 Å². The molecule has 4 rings (SSSR count). The third-order valence-corrected chi connectivity index (χ3v) is 5.52.